The van der Waals surface area contributed by atoms with Crippen molar-refractivity contribution in [3.05, 3.63) is 53.6 Å². The number of methoxy groups -OCH3 is 1. The summed E-state index contributed by atoms with van der Waals surface area (Å²) in [5, 5.41) is 2.72. The van der Waals surface area contributed by atoms with Gasteiger partial charge in [-0.2, -0.15) is 0 Å². The summed E-state index contributed by atoms with van der Waals surface area (Å²) in [5.41, 5.74) is 1.36. The SMILES string of the molecule is CCCCOC(=O)c1ccc(NC(=O)c2cc(N(C)S(C)(=O)=O)ccc2OC)cc1. The number of nitrogens with zero attached hydrogens (tertiary/aromatic N) is 1. The van der Waals surface area contributed by atoms with Crippen molar-refractivity contribution in [2.24, 2.45) is 0 Å². The van der Waals surface area contributed by atoms with Crippen LogP contribution in [0, 0.1) is 0 Å². The van der Waals surface area contributed by atoms with Crippen LogP contribution >= 0.6 is 0 Å². The highest BCUT2D eigenvalue weighted by molar-refractivity contribution is 7.92. The zero-order valence-corrected chi connectivity index (χ0v) is 18.3. The Morgan fingerprint density at radius 1 is 1.10 bits per heavy atom. The van der Waals surface area contributed by atoms with E-state index < -0.39 is 21.9 Å². The van der Waals surface area contributed by atoms with Crippen LogP contribution in [0.5, 0.6) is 5.75 Å². The van der Waals surface area contributed by atoms with Crippen molar-refractivity contribution in [2.45, 2.75) is 19.8 Å². The number of anilines is 2. The molecule has 0 aliphatic heterocycles. The fraction of sp³-hybridized carbons (Fsp3) is 0.333. The topological polar surface area (TPSA) is 102 Å². The van der Waals surface area contributed by atoms with Gasteiger partial charge >= 0.3 is 5.97 Å². The Morgan fingerprint density at radius 2 is 1.77 bits per heavy atom. The third-order valence-corrected chi connectivity index (χ3v) is 5.60. The maximum atomic E-state index is 12.8. The van der Waals surface area contributed by atoms with Crippen molar-refractivity contribution in [1.82, 2.24) is 0 Å². The molecule has 9 heteroatoms. The number of benzene rings is 2. The van der Waals surface area contributed by atoms with Gasteiger partial charge in [0.05, 0.1) is 36.8 Å². The molecule has 0 saturated heterocycles. The normalized spacial score (nSPS) is 10.9. The van der Waals surface area contributed by atoms with E-state index >= 15 is 0 Å². The summed E-state index contributed by atoms with van der Waals surface area (Å²) >= 11 is 0. The van der Waals surface area contributed by atoms with Gasteiger partial charge in [-0.05, 0) is 48.9 Å². The maximum absolute atomic E-state index is 12.8. The minimum atomic E-state index is -3.48. The van der Waals surface area contributed by atoms with E-state index in [4.69, 9.17) is 9.47 Å². The molecule has 2 aromatic rings. The molecule has 30 heavy (non-hydrogen) atoms. The molecule has 0 atom stereocenters. The summed E-state index contributed by atoms with van der Waals surface area (Å²) < 4.78 is 35.0. The predicted octanol–water partition coefficient (Wildman–Crippen LogP) is 3.30. The zero-order chi connectivity index (χ0) is 22.3. The first kappa shape index (κ1) is 23.2. The summed E-state index contributed by atoms with van der Waals surface area (Å²) in [6.07, 6.45) is 2.81. The lowest BCUT2D eigenvalue weighted by Gasteiger charge is -2.18. The Morgan fingerprint density at radius 3 is 2.33 bits per heavy atom. The largest absolute Gasteiger partial charge is 0.496 e. The number of nitrogens with one attached hydrogen (secondary N) is 1. The second-order valence-electron chi connectivity index (χ2n) is 6.64. The number of hydrogen-bond donors (Lipinski definition) is 1. The Balaban J connectivity index is 2.18. The first-order chi connectivity index (χ1) is 14.2. The molecule has 2 aromatic carbocycles. The Bertz CT molecular complexity index is 1000. The third-order valence-electron chi connectivity index (χ3n) is 4.40. The van der Waals surface area contributed by atoms with Crippen LogP contribution in [0.3, 0.4) is 0 Å². The Hall–Kier alpha value is -3.07. The number of rotatable bonds is 9. The number of carbonyl (C=O) groups is 2. The summed E-state index contributed by atoms with van der Waals surface area (Å²) in [4.78, 5) is 24.7. The van der Waals surface area contributed by atoms with E-state index in [0.29, 0.717) is 29.3 Å². The van der Waals surface area contributed by atoms with Gasteiger partial charge in [-0.25, -0.2) is 13.2 Å². The number of amides is 1. The molecule has 2 rings (SSSR count). The maximum Gasteiger partial charge on any atom is 0.338 e. The molecule has 0 unspecified atom stereocenters. The minimum absolute atomic E-state index is 0.175. The predicted molar refractivity (Wildman–Crippen MR) is 116 cm³/mol. The second kappa shape index (κ2) is 10.1. The molecule has 0 aromatic heterocycles. The van der Waals surface area contributed by atoms with Crippen LogP contribution in [0.15, 0.2) is 42.5 Å². The highest BCUT2D eigenvalue weighted by Gasteiger charge is 2.18. The van der Waals surface area contributed by atoms with Gasteiger partial charge in [-0.3, -0.25) is 9.10 Å². The van der Waals surface area contributed by atoms with Crippen LogP contribution in [0.1, 0.15) is 40.5 Å². The third kappa shape index (κ3) is 5.96. The van der Waals surface area contributed by atoms with Gasteiger partial charge in [0.25, 0.3) is 5.91 Å². The molecule has 0 aliphatic carbocycles. The molecule has 0 fully saturated rings. The second-order valence-corrected chi connectivity index (χ2v) is 8.65. The highest BCUT2D eigenvalue weighted by Crippen LogP contribution is 2.26. The van der Waals surface area contributed by atoms with Crippen LogP contribution in [-0.2, 0) is 14.8 Å². The molecular weight excluding hydrogens is 408 g/mol. The van der Waals surface area contributed by atoms with E-state index in [1.807, 2.05) is 6.92 Å². The number of sulfonamides is 1. The fourth-order valence-corrected chi connectivity index (χ4v) is 3.04. The van der Waals surface area contributed by atoms with Gasteiger partial charge in [0.15, 0.2) is 0 Å². The van der Waals surface area contributed by atoms with Crippen molar-refractivity contribution in [3.63, 3.8) is 0 Å². The van der Waals surface area contributed by atoms with E-state index in [0.717, 1.165) is 23.4 Å². The monoisotopic (exact) mass is 434 g/mol. The van der Waals surface area contributed by atoms with Crippen molar-refractivity contribution >= 4 is 33.3 Å². The molecular formula is C21H26N2O6S. The average molecular weight is 435 g/mol. The van der Waals surface area contributed by atoms with Crippen molar-refractivity contribution in [2.75, 3.05) is 36.6 Å². The molecule has 1 amide bonds. The minimum Gasteiger partial charge on any atom is -0.496 e. The van der Waals surface area contributed by atoms with Crippen LogP contribution in [0.2, 0.25) is 0 Å². The zero-order valence-electron chi connectivity index (χ0n) is 17.5. The van der Waals surface area contributed by atoms with Crippen LogP contribution in [0.25, 0.3) is 0 Å². The average Bonchev–Trinajstić information content (AvgIpc) is 2.72. The van der Waals surface area contributed by atoms with Gasteiger partial charge in [0.2, 0.25) is 10.0 Å². The standard InChI is InChI=1S/C21H26N2O6S/c1-5-6-13-29-21(25)15-7-9-16(10-8-15)22-20(24)18-14-17(11-12-19(18)28-3)23(2)30(4,26)27/h7-12,14H,5-6,13H2,1-4H3,(H,22,24). The van der Waals surface area contributed by atoms with E-state index in [9.17, 15) is 18.0 Å². The molecule has 0 aliphatic rings. The van der Waals surface area contributed by atoms with Crippen molar-refractivity contribution < 1.29 is 27.5 Å². The quantitative estimate of drug-likeness (QED) is 0.480. The first-order valence-electron chi connectivity index (χ1n) is 9.37. The van der Waals surface area contributed by atoms with Gasteiger partial charge in [-0.15, -0.1) is 0 Å². The molecule has 162 valence electrons. The van der Waals surface area contributed by atoms with Gasteiger partial charge in [-0.1, -0.05) is 13.3 Å². The molecule has 0 radical (unpaired) electrons. The van der Waals surface area contributed by atoms with Crippen molar-refractivity contribution in [3.8, 4) is 5.75 Å². The molecule has 0 spiro atoms. The van der Waals surface area contributed by atoms with E-state index in [2.05, 4.69) is 5.32 Å². The summed E-state index contributed by atoms with van der Waals surface area (Å²) in [6.45, 7) is 2.38. The number of ether oxygens (including phenoxy) is 2. The van der Waals surface area contributed by atoms with Crippen molar-refractivity contribution in [1.29, 1.82) is 0 Å². The highest BCUT2D eigenvalue weighted by atomic mass is 32.2. The van der Waals surface area contributed by atoms with Crippen LogP contribution in [0.4, 0.5) is 11.4 Å². The van der Waals surface area contributed by atoms with Crippen LogP contribution in [-0.4, -0.2) is 47.3 Å². The Labute approximate surface area is 176 Å². The molecule has 0 heterocycles. The van der Waals surface area contributed by atoms with E-state index in [1.54, 1.807) is 30.3 Å². The molecule has 8 nitrogen and oxygen atoms in total. The number of hydrogen-bond acceptors (Lipinski definition) is 6. The fourth-order valence-electron chi connectivity index (χ4n) is 2.54. The van der Waals surface area contributed by atoms with E-state index in [1.165, 1.54) is 26.3 Å². The van der Waals surface area contributed by atoms with Crippen LogP contribution < -0.4 is 14.4 Å². The van der Waals surface area contributed by atoms with Gasteiger partial charge in [0, 0.05) is 12.7 Å². The number of esters is 1. The smallest absolute Gasteiger partial charge is 0.338 e. The summed E-state index contributed by atoms with van der Waals surface area (Å²) in [7, 11) is -0.660. The number of unbranched alkanes of at least 4 members (excludes halogenated alkanes) is 1. The first-order valence-corrected chi connectivity index (χ1v) is 11.2. The lowest BCUT2D eigenvalue weighted by atomic mass is 10.1. The summed E-state index contributed by atoms with van der Waals surface area (Å²) in [6, 6.07) is 10.8. The molecule has 1 N–H and O–H groups in total. The number of carbonyl (C=O) groups excluding carboxylic acids is 2. The molecule has 0 saturated carbocycles. The lowest BCUT2D eigenvalue weighted by Crippen LogP contribution is -2.25. The van der Waals surface area contributed by atoms with Gasteiger partial charge < -0.3 is 14.8 Å². The Kier molecular flexibility index (Phi) is 7.82. The summed E-state index contributed by atoms with van der Waals surface area (Å²) in [5.74, 6) is -0.595. The molecule has 0 bridgehead atoms. The lowest BCUT2D eigenvalue weighted by molar-refractivity contribution is 0.0499. The van der Waals surface area contributed by atoms with Gasteiger partial charge in [0.1, 0.15) is 5.75 Å². The van der Waals surface area contributed by atoms with E-state index in [-0.39, 0.29) is 5.56 Å².